The van der Waals surface area contributed by atoms with Gasteiger partial charge in [-0.05, 0) is 12.5 Å². The highest BCUT2D eigenvalue weighted by atomic mass is 32.1. The van der Waals surface area contributed by atoms with Gasteiger partial charge >= 0.3 is 0 Å². The average Bonchev–Trinajstić information content (AvgIpc) is 3.10. The van der Waals surface area contributed by atoms with Gasteiger partial charge in [0.1, 0.15) is 0 Å². The topological polar surface area (TPSA) is 68.0 Å². The minimum absolute atomic E-state index is 0.164. The molecule has 0 radical (unpaired) electrons. The van der Waals surface area contributed by atoms with Gasteiger partial charge in [0.05, 0.1) is 11.9 Å². The van der Waals surface area contributed by atoms with Gasteiger partial charge in [0.15, 0.2) is 5.13 Å². The van der Waals surface area contributed by atoms with Crippen LogP contribution in [-0.2, 0) is 0 Å². The van der Waals surface area contributed by atoms with E-state index in [1.165, 1.54) is 23.6 Å². The Kier molecular flexibility index (Phi) is 3.30. The van der Waals surface area contributed by atoms with Crippen molar-refractivity contribution in [1.82, 2.24) is 10.1 Å². The molecule has 0 aliphatic carbocycles. The van der Waals surface area contributed by atoms with Crippen molar-refractivity contribution in [3.8, 4) is 11.3 Å². The Bertz CT molecular complexity index is 734. The Morgan fingerprint density at radius 3 is 2.90 bits per heavy atom. The third kappa shape index (κ3) is 2.46. The van der Waals surface area contributed by atoms with Gasteiger partial charge in [0.25, 0.3) is 5.91 Å². The number of nitrogens with zero attached hydrogens (tertiary/aromatic N) is 2. The third-order valence-electron chi connectivity index (χ3n) is 2.81. The van der Waals surface area contributed by atoms with Crippen LogP contribution in [0.1, 0.15) is 16.1 Å². The number of anilines is 1. The highest BCUT2D eigenvalue weighted by Crippen LogP contribution is 2.27. The maximum absolute atomic E-state index is 11.8. The van der Waals surface area contributed by atoms with Gasteiger partial charge in [0.2, 0.25) is 5.76 Å². The number of nitrogens with one attached hydrogen (secondary N) is 1. The molecule has 0 aliphatic heterocycles. The first-order valence-electron chi connectivity index (χ1n) is 5.97. The number of thiazole rings is 1. The first kappa shape index (κ1) is 12.6. The average molecular weight is 285 g/mol. The molecule has 20 heavy (non-hydrogen) atoms. The summed E-state index contributed by atoms with van der Waals surface area (Å²) in [6.07, 6.45) is 1.43. The van der Waals surface area contributed by atoms with E-state index in [-0.39, 0.29) is 11.7 Å². The predicted molar refractivity (Wildman–Crippen MR) is 76.7 cm³/mol. The van der Waals surface area contributed by atoms with Crippen LogP contribution in [0.2, 0.25) is 0 Å². The van der Waals surface area contributed by atoms with Crippen LogP contribution < -0.4 is 5.32 Å². The van der Waals surface area contributed by atoms with E-state index < -0.39 is 0 Å². The molecule has 0 bridgehead atoms. The number of hydrogen-bond acceptors (Lipinski definition) is 5. The van der Waals surface area contributed by atoms with E-state index in [0.29, 0.717) is 5.13 Å². The van der Waals surface area contributed by atoms with Crippen LogP contribution in [0.4, 0.5) is 5.13 Å². The molecule has 0 saturated carbocycles. The number of amides is 1. The predicted octanol–water partition coefficient (Wildman–Crippen LogP) is 3.36. The number of aromatic nitrogens is 2. The van der Waals surface area contributed by atoms with Crippen molar-refractivity contribution in [2.75, 3.05) is 5.32 Å². The Morgan fingerprint density at radius 1 is 1.30 bits per heavy atom. The molecular weight excluding hydrogens is 274 g/mol. The summed E-state index contributed by atoms with van der Waals surface area (Å²) in [4.78, 5) is 16.2. The lowest BCUT2D eigenvalue weighted by atomic mass is 10.1. The van der Waals surface area contributed by atoms with Gasteiger partial charge in [-0.15, -0.1) is 11.3 Å². The second-order valence-corrected chi connectivity index (χ2v) is 5.04. The van der Waals surface area contributed by atoms with E-state index in [4.69, 9.17) is 4.52 Å². The summed E-state index contributed by atoms with van der Waals surface area (Å²) in [5, 5.41) is 8.63. The summed E-state index contributed by atoms with van der Waals surface area (Å²) in [5.74, 6) is -0.189. The van der Waals surface area contributed by atoms with Gasteiger partial charge in [-0.1, -0.05) is 29.4 Å². The Balaban J connectivity index is 1.81. The summed E-state index contributed by atoms with van der Waals surface area (Å²) >= 11 is 1.37. The number of hydrogen-bond donors (Lipinski definition) is 1. The van der Waals surface area contributed by atoms with Crippen molar-refractivity contribution in [3.63, 3.8) is 0 Å². The zero-order chi connectivity index (χ0) is 13.9. The largest absolute Gasteiger partial charge is 0.351 e. The standard InChI is InChI=1S/C14H11N3O2S/c1-9-4-2-3-5-10(9)11-8-20-14(16-11)17-13(18)12-6-7-15-19-12/h2-8H,1H3,(H,16,17,18). The van der Waals surface area contributed by atoms with Gasteiger partial charge in [0, 0.05) is 17.0 Å². The summed E-state index contributed by atoms with van der Waals surface area (Å²) < 4.78 is 4.79. The highest BCUT2D eigenvalue weighted by molar-refractivity contribution is 7.14. The molecule has 2 aromatic heterocycles. The molecule has 0 aliphatic rings. The van der Waals surface area contributed by atoms with E-state index in [1.54, 1.807) is 0 Å². The lowest BCUT2D eigenvalue weighted by Gasteiger charge is -2.01. The molecule has 0 saturated heterocycles. The lowest BCUT2D eigenvalue weighted by molar-refractivity contribution is 0.0988. The van der Waals surface area contributed by atoms with Crippen LogP contribution in [0.25, 0.3) is 11.3 Å². The molecule has 1 N–H and O–H groups in total. The molecule has 3 rings (SSSR count). The van der Waals surface area contributed by atoms with Crippen molar-refractivity contribution < 1.29 is 9.32 Å². The van der Waals surface area contributed by atoms with Crippen LogP contribution in [0.5, 0.6) is 0 Å². The molecule has 0 fully saturated rings. The van der Waals surface area contributed by atoms with E-state index in [1.807, 2.05) is 36.6 Å². The highest BCUT2D eigenvalue weighted by Gasteiger charge is 2.13. The normalized spacial score (nSPS) is 10.4. The van der Waals surface area contributed by atoms with Gasteiger partial charge in [-0.2, -0.15) is 0 Å². The molecule has 0 atom stereocenters. The number of carbonyl (C=O) groups is 1. The zero-order valence-corrected chi connectivity index (χ0v) is 11.5. The molecule has 5 nitrogen and oxygen atoms in total. The monoisotopic (exact) mass is 285 g/mol. The van der Waals surface area contributed by atoms with E-state index in [2.05, 4.69) is 15.5 Å². The van der Waals surface area contributed by atoms with E-state index >= 15 is 0 Å². The Labute approximate surface area is 119 Å². The summed E-state index contributed by atoms with van der Waals surface area (Å²) in [7, 11) is 0. The number of benzene rings is 1. The number of aryl methyl sites for hydroxylation is 1. The molecule has 1 amide bonds. The minimum Gasteiger partial charge on any atom is -0.351 e. The fourth-order valence-corrected chi connectivity index (χ4v) is 2.51. The molecule has 0 unspecified atom stereocenters. The van der Waals surface area contributed by atoms with Crippen LogP contribution in [0, 0.1) is 6.92 Å². The second kappa shape index (κ2) is 5.26. The van der Waals surface area contributed by atoms with Crippen LogP contribution in [-0.4, -0.2) is 16.0 Å². The molecule has 2 heterocycles. The molecule has 1 aromatic carbocycles. The van der Waals surface area contributed by atoms with Crippen molar-refractivity contribution >= 4 is 22.4 Å². The molecule has 6 heteroatoms. The van der Waals surface area contributed by atoms with Crippen molar-refractivity contribution in [2.45, 2.75) is 6.92 Å². The Hall–Kier alpha value is -2.47. The van der Waals surface area contributed by atoms with Crippen molar-refractivity contribution in [3.05, 3.63) is 53.2 Å². The maximum atomic E-state index is 11.8. The SMILES string of the molecule is Cc1ccccc1-c1csc(NC(=O)c2ccno2)n1. The van der Waals surface area contributed by atoms with Crippen LogP contribution in [0.3, 0.4) is 0 Å². The molecule has 0 spiro atoms. The van der Waals surface area contributed by atoms with Gasteiger partial charge in [-0.3, -0.25) is 10.1 Å². The summed E-state index contributed by atoms with van der Waals surface area (Å²) in [6, 6.07) is 9.49. The smallest absolute Gasteiger partial charge is 0.296 e. The molecular formula is C14H11N3O2S. The molecule has 3 aromatic rings. The summed E-state index contributed by atoms with van der Waals surface area (Å²) in [6.45, 7) is 2.03. The fourth-order valence-electron chi connectivity index (χ4n) is 1.81. The van der Waals surface area contributed by atoms with Crippen LogP contribution >= 0.6 is 11.3 Å². The Morgan fingerprint density at radius 2 is 2.15 bits per heavy atom. The van der Waals surface area contributed by atoms with Gasteiger partial charge in [-0.25, -0.2) is 4.98 Å². The van der Waals surface area contributed by atoms with E-state index in [9.17, 15) is 4.79 Å². The van der Waals surface area contributed by atoms with E-state index in [0.717, 1.165) is 16.8 Å². The van der Waals surface area contributed by atoms with Gasteiger partial charge < -0.3 is 4.52 Å². The quantitative estimate of drug-likeness (QED) is 0.801. The third-order valence-corrected chi connectivity index (χ3v) is 3.57. The molecule has 100 valence electrons. The first-order chi connectivity index (χ1) is 9.74. The maximum Gasteiger partial charge on any atom is 0.296 e. The zero-order valence-electron chi connectivity index (χ0n) is 10.7. The summed E-state index contributed by atoms with van der Waals surface area (Å²) in [5.41, 5.74) is 3.05. The number of carbonyl (C=O) groups excluding carboxylic acids is 1. The van der Waals surface area contributed by atoms with Crippen molar-refractivity contribution in [1.29, 1.82) is 0 Å². The van der Waals surface area contributed by atoms with Crippen molar-refractivity contribution in [2.24, 2.45) is 0 Å². The fraction of sp³-hybridized carbons (Fsp3) is 0.0714. The first-order valence-corrected chi connectivity index (χ1v) is 6.85. The minimum atomic E-state index is -0.354. The lowest BCUT2D eigenvalue weighted by Crippen LogP contribution is -2.10. The second-order valence-electron chi connectivity index (χ2n) is 4.18. The number of rotatable bonds is 3. The van der Waals surface area contributed by atoms with Crippen LogP contribution in [0.15, 0.2) is 46.4 Å².